The van der Waals surface area contributed by atoms with Gasteiger partial charge in [0.25, 0.3) is 0 Å². The van der Waals surface area contributed by atoms with Gasteiger partial charge in [0, 0.05) is 0 Å². The number of aromatic amines is 1. The molecule has 0 amide bonds. The zero-order valence-corrected chi connectivity index (χ0v) is 19.9. The van der Waals surface area contributed by atoms with Crippen LogP contribution >= 0.6 is 0 Å². The lowest BCUT2D eigenvalue weighted by atomic mass is 10.0. The van der Waals surface area contributed by atoms with Gasteiger partial charge in [0.15, 0.2) is 0 Å². The van der Waals surface area contributed by atoms with Crippen LogP contribution in [0.3, 0.4) is 0 Å². The topological polar surface area (TPSA) is 65.5 Å². The summed E-state index contributed by atoms with van der Waals surface area (Å²) < 4.78 is 18.9. The summed E-state index contributed by atoms with van der Waals surface area (Å²) in [6.45, 7) is 2.45. The summed E-state index contributed by atoms with van der Waals surface area (Å²) in [6, 6.07) is 33.6. The molecule has 0 saturated heterocycles. The van der Waals surface area contributed by atoms with Gasteiger partial charge in [-0.15, -0.1) is 0 Å². The minimum atomic E-state index is -0.137. The van der Waals surface area contributed by atoms with Crippen molar-refractivity contribution in [1.29, 1.82) is 0 Å². The van der Waals surface area contributed by atoms with E-state index < -0.39 is 0 Å². The molecule has 0 bridgehead atoms. The van der Waals surface area contributed by atoms with Crippen molar-refractivity contribution in [3.05, 3.63) is 119 Å². The highest BCUT2D eigenvalue weighted by Gasteiger charge is 2.09. The Morgan fingerprint density at radius 1 is 0.667 bits per heavy atom. The molecule has 0 radical (unpaired) electrons. The van der Waals surface area contributed by atoms with Crippen LogP contribution < -0.4 is 15.2 Å². The predicted molar refractivity (Wildman–Crippen MR) is 142 cm³/mol. The molecule has 0 spiro atoms. The molecule has 0 fully saturated rings. The van der Waals surface area contributed by atoms with Crippen LogP contribution in [0.2, 0.25) is 0 Å². The van der Waals surface area contributed by atoms with Crippen molar-refractivity contribution in [3.8, 4) is 22.6 Å². The van der Waals surface area contributed by atoms with Gasteiger partial charge >= 0.3 is 5.69 Å². The van der Waals surface area contributed by atoms with E-state index in [9.17, 15) is 4.79 Å². The standard InChI is InChI=1S/C30H28N2O4/c33-30-31-28-21-25(15-16-29(28)32(30)17-18-35-26-7-3-1-4-8-26)24-13-11-23(12-14-24)22-34-19-20-36-27-9-5-2-6-10-27/h1-16,21H,17-20,22H2,(H,31,33). The van der Waals surface area contributed by atoms with Gasteiger partial charge in [0.1, 0.15) is 24.7 Å². The van der Waals surface area contributed by atoms with Gasteiger partial charge in [-0.1, -0.05) is 66.7 Å². The third-order valence-electron chi connectivity index (χ3n) is 5.90. The van der Waals surface area contributed by atoms with Gasteiger partial charge < -0.3 is 19.2 Å². The van der Waals surface area contributed by atoms with E-state index in [-0.39, 0.29) is 5.69 Å². The molecule has 0 atom stereocenters. The second-order valence-corrected chi connectivity index (χ2v) is 8.39. The van der Waals surface area contributed by atoms with E-state index in [4.69, 9.17) is 14.2 Å². The van der Waals surface area contributed by atoms with Crippen LogP contribution in [-0.2, 0) is 17.9 Å². The smallest absolute Gasteiger partial charge is 0.326 e. The molecule has 36 heavy (non-hydrogen) atoms. The number of nitrogens with zero attached hydrogens (tertiary/aromatic N) is 1. The maximum absolute atomic E-state index is 12.5. The number of H-pyrrole nitrogens is 1. The molecule has 1 aromatic heterocycles. The van der Waals surface area contributed by atoms with Crippen molar-refractivity contribution in [2.45, 2.75) is 13.2 Å². The number of aromatic nitrogens is 2. The lowest BCUT2D eigenvalue weighted by molar-refractivity contribution is 0.0889. The fourth-order valence-corrected chi connectivity index (χ4v) is 4.06. The molecule has 182 valence electrons. The van der Waals surface area contributed by atoms with E-state index in [0.29, 0.717) is 33.0 Å². The summed E-state index contributed by atoms with van der Waals surface area (Å²) in [4.78, 5) is 15.5. The van der Waals surface area contributed by atoms with Crippen molar-refractivity contribution >= 4 is 11.0 Å². The van der Waals surface area contributed by atoms with E-state index in [1.165, 1.54) is 0 Å². The summed E-state index contributed by atoms with van der Waals surface area (Å²) in [6.07, 6.45) is 0. The quantitative estimate of drug-likeness (QED) is 0.247. The molecule has 4 aromatic carbocycles. The molecule has 5 rings (SSSR count). The monoisotopic (exact) mass is 480 g/mol. The summed E-state index contributed by atoms with van der Waals surface area (Å²) in [5.41, 5.74) is 4.75. The van der Waals surface area contributed by atoms with E-state index in [2.05, 4.69) is 29.2 Å². The first-order chi connectivity index (χ1) is 17.8. The fraction of sp³-hybridized carbons (Fsp3) is 0.167. The number of imidazole rings is 1. The molecule has 0 saturated carbocycles. The predicted octanol–water partition coefficient (Wildman–Crippen LogP) is 5.67. The number of ether oxygens (including phenoxy) is 3. The largest absolute Gasteiger partial charge is 0.492 e. The third-order valence-corrected chi connectivity index (χ3v) is 5.90. The summed E-state index contributed by atoms with van der Waals surface area (Å²) in [5, 5.41) is 0. The first kappa shape index (κ1) is 23.5. The number of fused-ring (bicyclic) bond motifs is 1. The van der Waals surface area contributed by atoms with Crippen molar-refractivity contribution in [1.82, 2.24) is 9.55 Å². The van der Waals surface area contributed by atoms with Crippen molar-refractivity contribution in [3.63, 3.8) is 0 Å². The van der Waals surface area contributed by atoms with Gasteiger partial charge in [-0.05, 0) is 53.1 Å². The second kappa shape index (κ2) is 11.4. The molecule has 0 unspecified atom stereocenters. The summed E-state index contributed by atoms with van der Waals surface area (Å²) >= 11 is 0. The Morgan fingerprint density at radius 2 is 1.31 bits per heavy atom. The van der Waals surface area contributed by atoms with E-state index >= 15 is 0 Å². The van der Waals surface area contributed by atoms with Crippen molar-refractivity contribution < 1.29 is 14.2 Å². The zero-order valence-electron chi connectivity index (χ0n) is 19.9. The van der Waals surface area contributed by atoms with E-state index in [0.717, 1.165) is 39.2 Å². The molecule has 0 aliphatic carbocycles. The number of para-hydroxylation sites is 2. The minimum Gasteiger partial charge on any atom is -0.492 e. The Hall–Kier alpha value is -4.29. The highest BCUT2D eigenvalue weighted by molar-refractivity contribution is 5.82. The van der Waals surface area contributed by atoms with Gasteiger partial charge in [0.2, 0.25) is 0 Å². The normalized spacial score (nSPS) is 11.0. The van der Waals surface area contributed by atoms with Crippen LogP contribution in [0.15, 0.2) is 108 Å². The van der Waals surface area contributed by atoms with Gasteiger partial charge in [-0.25, -0.2) is 4.79 Å². The van der Waals surface area contributed by atoms with Crippen LogP contribution in [0.25, 0.3) is 22.2 Å². The lowest BCUT2D eigenvalue weighted by Crippen LogP contribution is -2.20. The maximum atomic E-state index is 12.5. The maximum Gasteiger partial charge on any atom is 0.326 e. The fourth-order valence-electron chi connectivity index (χ4n) is 4.06. The Kier molecular flexibility index (Phi) is 7.44. The van der Waals surface area contributed by atoms with Crippen LogP contribution in [0.4, 0.5) is 0 Å². The molecular formula is C30H28N2O4. The lowest BCUT2D eigenvalue weighted by Gasteiger charge is -2.09. The first-order valence-corrected chi connectivity index (χ1v) is 12.0. The van der Waals surface area contributed by atoms with Crippen molar-refractivity contribution in [2.24, 2.45) is 0 Å². The number of nitrogens with one attached hydrogen (secondary N) is 1. The molecule has 0 aliphatic heterocycles. The van der Waals surface area contributed by atoms with Crippen LogP contribution in [0.5, 0.6) is 11.5 Å². The summed E-state index contributed by atoms with van der Waals surface area (Å²) in [7, 11) is 0. The zero-order chi connectivity index (χ0) is 24.6. The van der Waals surface area contributed by atoms with Gasteiger partial charge in [-0.2, -0.15) is 0 Å². The molecule has 1 heterocycles. The van der Waals surface area contributed by atoms with Crippen LogP contribution in [0.1, 0.15) is 5.56 Å². The van der Waals surface area contributed by atoms with Crippen molar-refractivity contribution in [2.75, 3.05) is 19.8 Å². The SMILES string of the molecule is O=c1[nH]c2cc(-c3ccc(COCCOc4ccccc4)cc3)ccc2n1CCOc1ccccc1. The molecule has 1 N–H and O–H groups in total. The number of rotatable bonds is 11. The average Bonchev–Trinajstić information content (AvgIpc) is 3.24. The Balaban J connectivity index is 1.16. The van der Waals surface area contributed by atoms with E-state index in [1.807, 2.05) is 78.9 Å². The third kappa shape index (κ3) is 5.85. The van der Waals surface area contributed by atoms with Gasteiger partial charge in [-0.3, -0.25) is 4.57 Å². The molecular weight excluding hydrogens is 452 g/mol. The highest BCUT2D eigenvalue weighted by atomic mass is 16.5. The van der Waals surface area contributed by atoms with Crippen LogP contribution in [-0.4, -0.2) is 29.4 Å². The average molecular weight is 481 g/mol. The highest BCUT2D eigenvalue weighted by Crippen LogP contribution is 2.24. The second-order valence-electron chi connectivity index (χ2n) is 8.39. The molecule has 6 heteroatoms. The van der Waals surface area contributed by atoms with Crippen LogP contribution in [0, 0.1) is 0 Å². The molecule has 0 aliphatic rings. The van der Waals surface area contributed by atoms with Gasteiger partial charge in [0.05, 0.1) is 30.8 Å². The number of hydrogen-bond acceptors (Lipinski definition) is 4. The Labute approximate surface area is 209 Å². The minimum absolute atomic E-state index is 0.137. The molecule has 5 aromatic rings. The van der Waals surface area contributed by atoms with E-state index in [1.54, 1.807) is 4.57 Å². The molecule has 6 nitrogen and oxygen atoms in total. The Bertz CT molecular complexity index is 1440. The first-order valence-electron chi connectivity index (χ1n) is 12.0. The Morgan fingerprint density at radius 3 is 2.00 bits per heavy atom. The number of hydrogen-bond donors (Lipinski definition) is 1. The number of benzene rings is 4. The summed E-state index contributed by atoms with van der Waals surface area (Å²) in [5.74, 6) is 1.64.